The number of piperazine rings is 1. The Morgan fingerprint density at radius 2 is 1.84 bits per heavy atom. The maximum atomic E-state index is 13.2. The first kappa shape index (κ1) is 21.7. The van der Waals surface area contributed by atoms with E-state index in [9.17, 15) is 22.0 Å². The predicted octanol–water partition coefficient (Wildman–Crippen LogP) is 2.30. The third-order valence-electron chi connectivity index (χ3n) is 5.06. The van der Waals surface area contributed by atoms with Crippen LogP contribution in [0.2, 0.25) is 0 Å². The van der Waals surface area contributed by atoms with Crippen LogP contribution in [0.4, 0.5) is 14.5 Å². The van der Waals surface area contributed by atoms with Gasteiger partial charge in [0.1, 0.15) is 15.9 Å². The van der Waals surface area contributed by atoms with Crippen molar-refractivity contribution in [2.75, 3.05) is 38.0 Å². The van der Waals surface area contributed by atoms with Gasteiger partial charge >= 0.3 is 0 Å². The summed E-state index contributed by atoms with van der Waals surface area (Å²) in [6, 6.07) is 8.08. The van der Waals surface area contributed by atoms with E-state index < -0.39 is 21.7 Å². The number of hydrogen-bond acceptors (Lipinski definition) is 7. The normalized spacial score (nSPS) is 15.9. The van der Waals surface area contributed by atoms with Crippen LogP contribution in [0.25, 0.3) is 11.0 Å². The van der Waals surface area contributed by atoms with Crippen LogP contribution < -0.4 is 5.32 Å². The second-order valence-corrected chi connectivity index (χ2v) is 9.50. The van der Waals surface area contributed by atoms with Crippen LogP contribution >= 0.6 is 11.7 Å². The molecule has 2 aromatic carbocycles. The average Bonchev–Trinajstić information content (AvgIpc) is 3.24. The molecule has 4 rings (SSSR count). The Morgan fingerprint density at radius 3 is 2.58 bits per heavy atom. The molecule has 1 aliphatic rings. The molecule has 0 aliphatic carbocycles. The molecule has 31 heavy (non-hydrogen) atoms. The summed E-state index contributed by atoms with van der Waals surface area (Å²) < 4.78 is 61.9. The molecule has 164 valence electrons. The molecule has 1 saturated heterocycles. The van der Waals surface area contributed by atoms with Crippen molar-refractivity contribution in [1.29, 1.82) is 0 Å². The zero-order valence-corrected chi connectivity index (χ0v) is 17.9. The number of aromatic nitrogens is 2. The van der Waals surface area contributed by atoms with E-state index in [0.717, 1.165) is 23.9 Å². The fourth-order valence-electron chi connectivity index (χ4n) is 3.38. The Bertz CT molecular complexity index is 1210. The fourth-order valence-corrected chi connectivity index (χ4v) is 5.55. The van der Waals surface area contributed by atoms with Gasteiger partial charge in [0, 0.05) is 50.9 Å². The number of nitrogens with zero attached hydrogens (tertiary/aromatic N) is 4. The van der Waals surface area contributed by atoms with Crippen LogP contribution in [0, 0.1) is 11.6 Å². The summed E-state index contributed by atoms with van der Waals surface area (Å²) in [6.45, 7) is 1.96. The van der Waals surface area contributed by atoms with Crippen LogP contribution in [0.15, 0.2) is 41.3 Å². The van der Waals surface area contributed by atoms with Gasteiger partial charge in [-0.25, -0.2) is 17.2 Å². The Hall–Kier alpha value is -2.54. The number of benzene rings is 2. The van der Waals surface area contributed by atoms with E-state index >= 15 is 0 Å². The van der Waals surface area contributed by atoms with Crippen LogP contribution in [-0.4, -0.2) is 65.0 Å². The lowest BCUT2D eigenvalue weighted by Gasteiger charge is -2.33. The summed E-state index contributed by atoms with van der Waals surface area (Å²) in [5.74, 6) is -2.34. The van der Waals surface area contributed by atoms with Crippen LogP contribution in [0.3, 0.4) is 0 Å². The minimum absolute atomic E-state index is 0.148. The summed E-state index contributed by atoms with van der Waals surface area (Å²) in [5, 5.41) is 2.53. The van der Waals surface area contributed by atoms with Crippen molar-refractivity contribution in [3.63, 3.8) is 0 Å². The SMILES string of the molecule is O=C(CCN1CCN(S(=O)(=O)c2cccc3nsnc23)CC1)Nc1ccc(F)c(F)c1. The van der Waals surface area contributed by atoms with Crippen molar-refractivity contribution in [2.45, 2.75) is 11.3 Å². The van der Waals surface area contributed by atoms with E-state index in [0.29, 0.717) is 43.8 Å². The van der Waals surface area contributed by atoms with E-state index in [2.05, 4.69) is 14.1 Å². The Kier molecular flexibility index (Phi) is 6.23. The zero-order valence-electron chi connectivity index (χ0n) is 16.3. The van der Waals surface area contributed by atoms with Gasteiger partial charge < -0.3 is 10.2 Å². The van der Waals surface area contributed by atoms with E-state index in [4.69, 9.17) is 0 Å². The molecule has 1 N–H and O–H groups in total. The zero-order chi connectivity index (χ0) is 22.0. The summed E-state index contributed by atoms with van der Waals surface area (Å²) in [4.78, 5) is 14.2. The lowest BCUT2D eigenvalue weighted by molar-refractivity contribution is -0.116. The number of nitrogens with one attached hydrogen (secondary N) is 1. The van der Waals surface area contributed by atoms with Gasteiger partial charge in [0.05, 0.1) is 11.7 Å². The molecular formula is C19H19F2N5O3S2. The number of anilines is 1. The molecule has 8 nitrogen and oxygen atoms in total. The van der Waals surface area contributed by atoms with Crippen molar-refractivity contribution < 1.29 is 22.0 Å². The van der Waals surface area contributed by atoms with Gasteiger partial charge in [0.25, 0.3) is 0 Å². The Morgan fingerprint density at radius 1 is 1.06 bits per heavy atom. The third kappa shape index (κ3) is 4.71. The van der Waals surface area contributed by atoms with Crippen LogP contribution in [0.5, 0.6) is 0 Å². The van der Waals surface area contributed by atoms with Gasteiger partial charge in [-0.1, -0.05) is 6.07 Å². The third-order valence-corrected chi connectivity index (χ3v) is 7.53. The van der Waals surface area contributed by atoms with Crippen LogP contribution in [-0.2, 0) is 14.8 Å². The molecule has 1 fully saturated rings. The number of halogens is 2. The minimum Gasteiger partial charge on any atom is -0.326 e. The number of amides is 1. The van der Waals surface area contributed by atoms with Gasteiger partial charge in [-0.05, 0) is 24.3 Å². The number of fused-ring (bicyclic) bond motifs is 1. The number of hydrogen-bond donors (Lipinski definition) is 1. The summed E-state index contributed by atoms with van der Waals surface area (Å²) in [5.41, 5.74) is 1.12. The average molecular weight is 468 g/mol. The second-order valence-electron chi connectivity index (χ2n) is 7.06. The Balaban J connectivity index is 1.31. The van der Waals surface area contributed by atoms with Gasteiger partial charge in [-0.3, -0.25) is 4.79 Å². The number of carbonyl (C=O) groups excluding carboxylic acids is 1. The first-order valence-electron chi connectivity index (χ1n) is 9.53. The molecule has 0 radical (unpaired) electrons. The standard InChI is InChI=1S/C19H19F2N5O3S2/c20-14-5-4-13(12-15(14)21)22-18(27)6-7-25-8-10-26(11-9-25)31(28,29)17-3-1-2-16-19(17)24-30-23-16/h1-5,12H,6-11H2,(H,22,27). The van der Waals surface area contributed by atoms with Crippen molar-refractivity contribution in [3.8, 4) is 0 Å². The van der Waals surface area contributed by atoms with Crippen molar-refractivity contribution in [1.82, 2.24) is 18.0 Å². The molecule has 0 spiro atoms. The number of rotatable bonds is 6. The lowest BCUT2D eigenvalue weighted by Crippen LogP contribution is -2.49. The number of carbonyl (C=O) groups is 1. The maximum Gasteiger partial charge on any atom is 0.245 e. The van der Waals surface area contributed by atoms with Gasteiger partial charge in [-0.15, -0.1) is 0 Å². The summed E-state index contributed by atoms with van der Waals surface area (Å²) in [6.07, 6.45) is 0.148. The van der Waals surface area contributed by atoms with E-state index in [1.54, 1.807) is 12.1 Å². The van der Waals surface area contributed by atoms with Crippen molar-refractivity contribution >= 4 is 44.4 Å². The highest BCUT2D eigenvalue weighted by atomic mass is 32.2. The van der Waals surface area contributed by atoms with E-state index in [-0.39, 0.29) is 22.9 Å². The second kappa shape index (κ2) is 8.91. The monoisotopic (exact) mass is 467 g/mol. The molecule has 0 bridgehead atoms. The van der Waals surface area contributed by atoms with E-state index in [1.807, 2.05) is 4.90 Å². The molecule has 1 amide bonds. The quantitative estimate of drug-likeness (QED) is 0.598. The first-order chi connectivity index (χ1) is 14.8. The largest absolute Gasteiger partial charge is 0.326 e. The molecule has 0 unspecified atom stereocenters. The Labute approximate surface area is 181 Å². The molecule has 3 aromatic rings. The van der Waals surface area contributed by atoms with Gasteiger partial charge in [0.2, 0.25) is 15.9 Å². The first-order valence-corrected chi connectivity index (χ1v) is 11.7. The molecule has 1 aromatic heterocycles. The van der Waals surface area contributed by atoms with Gasteiger partial charge in [0.15, 0.2) is 11.6 Å². The lowest BCUT2D eigenvalue weighted by atomic mass is 10.2. The fraction of sp³-hybridized carbons (Fsp3) is 0.316. The minimum atomic E-state index is -3.70. The van der Waals surface area contributed by atoms with Crippen molar-refractivity contribution in [2.24, 2.45) is 0 Å². The summed E-state index contributed by atoms with van der Waals surface area (Å²) >= 11 is 0.973. The highest BCUT2D eigenvalue weighted by Gasteiger charge is 2.30. The molecule has 12 heteroatoms. The summed E-state index contributed by atoms with van der Waals surface area (Å²) in [7, 11) is -3.70. The molecule has 2 heterocycles. The molecule has 1 aliphatic heterocycles. The molecule has 0 saturated carbocycles. The van der Waals surface area contributed by atoms with Crippen molar-refractivity contribution in [3.05, 3.63) is 48.0 Å². The van der Waals surface area contributed by atoms with Crippen LogP contribution in [0.1, 0.15) is 6.42 Å². The number of sulfonamides is 1. The van der Waals surface area contributed by atoms with Gasteiger partial charge in [-0.2, -0.15) is 13.1 Å². The highest BCUT2D eigenvalue weighted by Crippen LogP contribution is 2.25. The predicted molar refractivity (Wildman–Crippen MR) is 112 cm³/mol. The highest BCUT2D eigenvalue weighted by molar-refractivity contribution is 7.89. The maximum absolute atomic E-state index is 13.2. The van der Waals surface area contributed by atoms with E-state index in [1.165, 1.54) is 16.4 Å². The molecular weight excluding hydrogens is 448 g/mol. The topological polar surface area (TPSA) is 95.5 Å². The smallest absolute Gasteiger partial charge is 0.245 e. The molecule has 0 atom stereocenters.